The molecule has 0 aliphatic heterocycles. The molecular weight excluding hydrogens is 172 g/mol. The van der Waals surface area contributed by atoms with Crippen LogP contribution in [0.1, 0.15) is 12.5 Å². The number of hydrogen-bond donors (Lipinski definition) is 1. The van der Waals surface area contributed by atoms with E-state index in [1.54, 1.807) is 13.1 Å². The minimum Gasteiger partial charge on any atom is -0.465 e. The summed E-state index contributed by atoms with van der Waals surface area (Å²) >= 11 is 0. The van der Waals surface area contributed by atoms with Crippen molar-refractivity contribution < 1.29 is 14.1 Å². The van der Waals surface area contributed by atoms with Gasteiger partial charge in [-0.25, -0.2) is 0 Å². The van der Waals surface area contributed by atoms with E-state index in [0.717, 1.165) is 5.56 Å². The minimum absolute atomic E-state index is 0.207. The molecule has 1 aromatic rings. The molecule has 0 amide bonds. The topological polar surface area (TPSA) is 64.4 Å². The second-order valence-corrected chi connectivity index (χ2v) is 2.44. The molecule has 0 bridgehead atoms. The third-order valence-electron chi connectivity index (χ3n) is 1.39. The van der Waals surface area contributed by atoms with Crippen molar-refractivity contribution in [3.8, 4) is 0 Å². The maximum Gasteiger partial charge on any atom is 0.319 e. The first-order chi connectivity index (χ1) is 6.33. The Labute approximate surface area is 76.0 Å². The highest BCUT2D eigenvalue weighted by atomic mass is 16.5. The van der Waals surface area contributed by atoms with E-state index in [-0.39, 0.29) is 12.5 Å². The summed E-state index contributed by atoms with van der Waals surface area (Å²) < 4.78 is 9.33. The highest BCUT2D eigenvalue weighted by Crippen LogP contribution is 1.94. The molecule has 1 N–H and O–H groups in total. The van der Waals surface area contributed by atoms with Gasteiger partial charge < -0.3 is 14.6 Å². The van der Waals surface area contributed by atoms with Crippen LogP contribution in [0.3, 0.4) is 0 Å². The molecule has 0 spiro atoms. The standard InChI is InChI=1S/C8H12N2O3/c1-2-12-8(11)5-9-3-7-4-10-13-6-7/h4,6,9H,2-3,5H2,1H3. The fourth-order valence-electron chi connectivity index (χ4n) is 0.835. The molecule has 0 saturated carbocycles. The SMILES string of the molecule is CCOC(=O)CNCc1cnoc1. The van der Waals surface area contributed by atoms with Gasteiger partial charge in [-0.05, 0) is 6.92 Å². The van der Waals surface area contributed by atoms with Gasteiger partial charge in [0, 0.05) is 12.1 Å². The number of aromatic nitrogens is 1. The Balaban J connectivity index is 2.11. The third-order valence-corrected chi connectivity index (χ3v) is 1.39. The van der Waals surface area contributed by atoms with Crippen molar-refractivity contribution >= 4 is 5.97 Å². The monoisotopic (exact) mass is 184 g/mol. The van der Waals surface area contributed by atoms with Crippen LogP contribution in [0.15, 0.2) is 17.0 Å². The van der Waals surface area contributed by atoms with Crippen molar-refractivity contribution in [3.05, 3.63) is 18.0 Å². The summed E-state index contributed by atoms with van der Waals surface area (Å²) in [5, 5.41) is 6.42. The molecule has 0 aliphatic carbocycles. The normalized spacial score (nSPS) is 9.92. The molecule has 13 heavy (non-hydrogen) atoms. The first kappa shape index (κ1) is 9.73. The van der Waals surface area contributed by atoms with E-state index in [9.17, 15) is 4.79 Å². The molecule has 72 valence electrons. The van der Waals surface area contributed by atoms with Gasteiger partial charge in [0.1, 0.15) is 6.26 Å². The van der Waals surface area contributed by atoms with E-state index in [1.165, 1.54) is 6.26 Å². The molecule has 0 aliphatic rings. The van der Waals surface area contributed by atoms with Crippen LogP contribution in [-0.2, 0) is 16.1 Å². The lowest BCUT2D eigenvalue weighted by Crippen LogP contribution is -2.24. The van der Waals surface area contributed by atoms with Gasteiger partial charge in [0.25, 0.3) is 0 Å². The van der Waals surface area contributed by atoms with Crippen LogP contribution in [0.4, 0.5) is 0 Å². The molecule has 1 aromatic heterocycles. The number of ether oxygens (including phenoxy) is 1. The Morgan fingerprint density at radius 3 is 3.23 bits per heavy atom. The quantitative estimate of drug-likeness (QED) is 0.668. The van der Waals surface area contributed by atoms with Crippen molar-refractivity contribution in [1.29, 1.82) is 0 Å². The van der Waals surface area contributed by atoms with E-state index in [1.807, 2.05) is 0 Å². The Bertz CT molecular complexity index is 246. The average molecular weight is 184 g/mol. The van der Waals surface area contributed by atoms with Crippen LogP contribution in [0.5, 0.6) is 0 Å². The largest absolute Gasteiger partial charge is 0.465 e. The smallest absolute Gasteiger partial charge is 0.319 e. The molecular formula is C8H12N2O3. The number of rotatable bonds is 5. The van der Waals surface area contributed by atoms with E-state index in [0.29, 0.717) is 13.2 Å². The molecule has 5 heteroatoms. The van der Waals surface area contributed by atoms with Crippen LogP contribution >= 0.6 is 0 Å². The van der Waals surface area contributed by atoms with E-state index in [4.69, 9.17) is 4.74 Å². The Morgan fingerprint density at radius 1 is 1.77 bits per heavy atom. The first-order valence-electron chi connectivity index (χ1n) is 4.07. The summed E-state index contributed by atoms with van der Waals surface area (Å²) in [6.45, 7) is 2.95. The molecule has 0 radical (unpaired) electrons. The number of esters is 1. The summed E-state index contributed by atoms with van der Waals surface area (Å²) in [6.07, 6.45) is 3.12. The fraction of sp³-hybridized carbons (Fsp3) is 0.500. The molecule has 1 rings (SSSR count). The van der Waals surface area contributed by atoms with Crippen molar-refractivity contribution in [1.82, 2.24) is 10.5 Å². The molecule has 0 unspecified atom stereocenters. The molecule has 1 heterocycles. The summed E-state index contributed by atoms with van der Waals surface area (Å²) in [5.74, 6) is -0.251. The van der Waals surface area contributed by atoms with E-state index in [2.05, 4.69) is 15.0 Å². The van der Waals surface area contributed by atoms with Gasteiger partial charge in [-0.15, -0.1) is 0 Å². The zero-order valence-corrected chi connectivity index (χ0v) is 7.45. The molecule has 0 fully saturated rings. The minimum atomic E-state index is -0.251. The van der Waals surface area contributed by atoms with Crippen LogP contribution < -0.4 is 5.32 Å². The molecule has 0 aromatic carbocycles. The fourth-order valence-corrected chi connectivity index (χ4v) is 0.835. The van der Waals surface area contributed by atoms with Gasteiger partial charge in [0.2, 0.25) is 0 Å². The Morgan fingerprint density at radius 2 is 2.62 bits per heavy atom. The van der Waals surface area contributed by atoms with Crippen molar-refractivity contribution in [3.63, 3.8) is 0 Å². The second kappa shape index (κ2) is 5.31. The Kier molecular flexibility index (Phi) is 3.98. The highest BCUT2D eigenvalue weighted by Gasteiger charge is 2.00. The van der Waals surface area contributed by atoms with Crippen LogP contribution in [-0.4, -0.2) is 24.3 Å². The number of nitrogens with one attached hydrogen (secondary N) is 1. The lowest BCUT2D eigenvalue weighted by molar-refractivity contribution is -0.142. The molecule has 0 atom stereocenters. The average Bonchev–Trinajstić information content (AvgIpc) is 2.57. The second-order valence-electron chi connectivity index (χ2n) is 2.44. The van der Waals surface area contributed by atoms with Crippen LogP contribution in [0, 0.1) is 0 Å². The Hall–Kier alpha value is -1.36. The van der Waals surface area contributed by atoms with E-state index < -0.39 is 0 Å². The summed E-state index contributed by atoms with van der Waals surface area (Å²) in [4.78, 5) is 10.8. The molecule has 0 saturated heterocycles. The van der Waals surface area contributed by atoms with Gasteiger partial charge in [-0.3, -0.25) is 4.79 Å². The predicted octanol–water partition coefficient (Wildman–Crippen LogP) is 0.327. The lowest BCUT2D eigenvalue weighted by atomic mass is 10.4. The summed E-state index contributed by atoms with van der Waals surface area (Å²) in [5.41, 5.74) is 0.907. The number of carbonyl (C=O) groups excluding carboxylic acids is 1. The highest BCUT2D eigenvalue weighted by molar-refractivity contribution is 5.71. The van der Waals surface area contributed by atoms with Gasteiger partial charge in [-0.1, -0.05) is 5.16 Å². The zero-order valence-electron chi connectivity index (χ0n) is 7.45. The van der Waals surface area contributed by atoms with Crippen molar-refractivity contribution in [2.45, 2.75) is 13.5 Å². The zero-order chi connectivity index (χ0) is 9.52. The van der Waals surface area contributed by atoms with Gasteiger partial charge in [-0.2, -0.15) is 0 Å². The number of nitrogens with zero attached hydrogens (tertiary/aromatic N) is 1. The van der Waals surface area contributed by atoms with Crippen molar-refractivity contribution in [2.24, 2.45) is 0 Å². The van der Waals surface area contributed by atoms with Crippen LogP contribution in [0.2, 0.25) is 0 Å². The predicted molar refractivity (Wildman–Crippen MR) is 44.8 cm³/mol. The van der Waals surface area contributed by atoms with Crippen LogP contribution in [0.25, 0.3) is 0 Å². The summed E-state index contributed by atoms with van der Waals surface area (Å²) in [6, 6.07) is 0. The number of hydrogen-bond acceptors (Lipinski definition) is 5. The molecule has 5 nitrogen and oxygen atoms in total. The van der Waals surface area contributed by atoms with Gasteiger partial charge in [0.05, 0.1) is 19.3 Å². The summed E-state index contributed by atoms with van der Waals surface area (Å²) in [7, 11) is 0. The van der Waals surface area contributed by atoms with Gasteiger partial charge in [0.15, 0.2) is 0 Å². The van der Waals surface area contributed by atoms with E-state index >= 15 is 0 Å². The lowest BCUT2D eigenvalue weighted by Gasteiger charge is -2.01. The van der Waals surface area contributed by atoms with Gasteiger partial charge >= 0.3 is 5.97 Å². The van der Waals surface area contributed by atoms with Crippen molar-refractivity contribution in [2.75, 3.05) is 13.2 Å². The maximum atomic E-state index is 10.8. The maximum absolute atomic E-state index is 10.8. The third kappa shape index (κ3) is 3.71. The number of carbonyl (C=O) groups is 1. The first-order valence-corrected chi connectivity index (χ1v) is 4.07.